The van der Waals surface area contributed by atoms with Gasteiger partial charge in [-0.05, 0) is 36.2 Å². The van der Waals surface area contributed by atoms with Crippen LogP contribution in [0.15, 0.2) is 36.4 Å². The molecule has 0 aliphatic carbocycles. The first-order valence-electron chi connectivity index (χ1n) is 4.89. The van der Waals surface area contributed by atoms with Crippen molar-refractivity contribution in [3.05, 3.63) is 53.6 Å². The van der Waals surface area contributed by atoms with Crippen LogP contribution < -0.4 is 5.73 Å². The summed E-state index contributed by atoms with van der Waals surface area (Å²) in [5.41, 5.74) is 8.71. The first-order valence-corrected chi connectivity index (χ1v) is 4.89. The molecule has 0 radical (unpaired) electrons. The fourth-order valence-corrected chi connectivity index (χ4v) is 1.61. The van der Waals surface area contributed by atoms with Crippen molar-refractivity contribution >= 4 is 5.69 Å². The highest BCUT2D eigenvalue weighted by Crippen LogP contribution is 2.27. The van der Waals surface area contributed by atoms with Crippen LogP contribution in [0.3, 0.4) is 0 Å². The Labute approximate surface area is 92.5 Å². The van der Waals surface area contributed by atoms with Crippen LogP contribution in [0.25, 0.3) is 11.1 Å². The van der Waals surface area contributed by atoms with Crippen LogP contribution in [0.5, 0.6) is 0 Å². The summed E-state index contributed by atoms with van der Waals surface area (Å²) in [6.07, 6.45) is 0. The molecule has 0 atom stereocenters. The summed E-state index contributed by atoms with van der Waals surface area (Å²) in [6, 6.07) is 9.25. The maximum atomic E-state index is 13.1. The van der Waals surface area contributed by atoms with E-state index >= 15 is 0 Å². The van der Waals surface area contributed by atoms with E-state index in [2.05, 4.69) is 0 Å². The normalized spacial score (nSPS) is 10.4. The molecular formula is C13H11F2N. The summed E-state index contributed by atoms with van der Waals surface area (Å²) in [7, 11) is 0. The Morgan fingerprint density at radius 3 is 2.31 bits per heavy atom. The summed E-state index contributed by atoms with van der Waals surface area (Å²) < 4.78 is 25.8. The Balaban J connectivity index is 2.54. The van der Waals surface area contributed by atoms with Crippen molar-refractivity contribution in [2.24, 2.45) is 0 Å². The topological polar surface area (TPSA) is 26.0 Å². The van der Waals surface area contributed by atoms with Crippen molar-refractivity contribution < 1.29 is 8.78 Å². The summed E-state index contributed by atoms with van der Waals surface area (Å²) >= 11 is 0. The molecule has 0 bridgehead atoms. The first-order chi connectivity index (χ1) is 7.58. The SMILES string of the molecule is Cc1ccc(-c2ccc(F)c(F)c2)c(N)c1. The Bertz CT molecular complexity index is 535. The molecule has 0 aromatic heterocycles. The molecule has 0 fully saturated rings. The predicted molar refractivity (Wildman–Crippen MR) is 60.9 cm³/mol. The number of nitrogens with two attached hydrogens (primary N) is 1. The van der Waals surface area contributed by atoms with Crippen LogP contribution in [0.2, 0.25) is 0 Å². The van der Waals surface area contributed by atoms with E-state index in [1.165, 1.54) is 6.07 Å². The van der Waals surface area contributed by atoms with Gasteiger partial charge in [0.2, 0.25) is 0 Å². The number of anilines is 1. The smallest absolute Gasteiger partial charge is 0.159 e. The molecule has 0 amide bonds. The van der Waals surface area contributed by atoms with E-state index in [0.29, 0.717) is 16.8 Å². The third kappa shape index (κ3) is 1.89. The summed E-state index contributed by atoms with van der Waals surface area (Å²) in [6.45, 7) is 1.92. The lowest BCUT2D eigenvalue weighted by Gasteiger charge is -2.07. The Kier molecular flexibility index (Phi) is 2.60. The second kappa shape index (κ2) is 3.93. The van der Waals surface area contributed by atoms with Crippen LogP contribution >= 0.6 is 0 Å². The largest absolute Gasteiger partial charge is 0.398 e. The van der Waals surface area contributed by atoms with Crippen LogP contribution in [0, 0.1) is 18.6 Å². The van der Waals surface area contributed by atoms with Gasteiger partial charge in [0.25, 0.3) is 0 Å². The van der Waals surface area contributed by atoms with Crippen LogP contribution in [0.4, 0.5) is 14.5 Å². The standard InChI is InChI=1S/C13H11F2N/c1-8-2-4-10(13(16)6-8)9-3-5-11(14)12(15)7-9/h2-7H,16H2,1H3. The lowest BCUT2D eigenvalue weighted by Crippen LogP contribution is -1.92. The number of aryl methyl sites for hydroxylation is 1. The summed E-state index contributed by atoms with van der Waals surface area (Å²) in [5.74, 6) is -1.72. The number of halogens is 2. The van der Waals surface area contributed by atoms with Crippen molar-refractivity contribution in [2.45, 2.75) is 6.92 Å². The minimum atomic E-state index is -0.863. The molecule has 2 aromatic carbocycles. The van der Waals surface area contributed by atoms with Gasteiger partial charge in [-0.2, -0.15) is 0 Å². The molecule has 2 N–H and O–H groups in total. The number of nitrogen functional groups attached to an aromatic ring is 1. The molecule has 1 nitrogen and oxygen atoms in total. The molecule has 0 aliphatic rings. The minimum Gasteiger partial charge on any atom is -0.398 e. The van der Waals surface area contributed by atoms with E-state index in [9.17, 15) is 8.78 Å². The number of rotatable bonds is 1. The molecule has 0 spiro atoms. The highest BCUT2D eigenvalue weighted by atomic mass is 19.2. The van der Waals surface area contributed by atoms with Gasteiger partial charge in [-0.25, -0.2) is 8.78 Å². The summed E-state index contributed by atoms with van der Waals surface area (Å²) in [5, 5.41) is 0. The Morgan fingerprint density at radius 1 is 0.938 bits per heavy atom. The average molecular weight is 219 g/mol. The van der Waals surface area contributed by atoms with E-state index in [4.69, 9.17) is 5.73 Å². The van der Waals surface area contributed by atoms with Gasteiger partial charge in [0.05, 0.1) is 0 Å². The molecule has 16 heavy (non-hydrogen) atoms. The lowest BCUT2D eigenvalue weighted by atomic mass is 10.0. The molecular weight excluding hydrogens is 208 g/mol. The quantitative estimate of drug-likeness (QED) is 0.729. The number of benzene rings is 2. The maximum Gasteiger partial charge on any atom is 0.159 e. The fraction of sp³-hybridized carbons (Fsp3) is 0.0769. The van der Waals surface area contributed by atoms with Crippen molar-refractivity contribution in [3.8, 4) is 11.1 Å². The molecule has 0 heterocycles. The van der Waals surface area contributed by atoms with Gasteiger partial charge >= 0.3 is 0 Å². The van der Waals surface area contributed by atoms with Crippen LogP contribution in [-0.2, 0) is 0 Å². The fourth-order valence-electron chi connectivity index (χ4n) is 1.61. The predicted octanol–water partition coefficient (Wildman–Crippen LogP) is 3.52. The second-order valence-corrected chi connectivity index (χ2v) is 3.72. The van der Waals surface area contributed by atoms with E-state index in [0.717, 1.165) is 17.7 Å². The highest BCUT2D eigenvalue weighted by molar-refractivity contribution is 5.76. The zero-order valence-electron chi connectivity index (χ0n) is 8.80. The van der Waals surface area contributed by atoms with Gasteiger partial charge in [-0.15, -0.1) is 0 Å². The van der Waals surface area contributed by atoms with Crippen LogP contribution in [-0.4, -0.2) is 0 Å². The van der Waals surface area contributed by atoms with E-state index in [1.54, 1.807) is 12.1 Å². The lowest BCUT2D eigenvalue weighted by molar-refractivity contribution is 0.509. The molecule has 3 heteroatoms. The van der Waals surface area contributed by atoms with Crippen molar-refractivity contribution in [3.63, 3.8) is 0 Å². The van der Waals surface area contributed by atoms with Gasteiger partial charge in [-0.3, -0.25) is 0 Å². The molecule has 2 aromatic rings. The monoisotopic (exact) mass is 219 g/mol. The van der Waals surface area contributed by atoms with E-state index in [-0.39, 0.29) is 0 Å². The number of hydrogen-bond acceptors (Lipinski definition) is 1. The average Bonchev–Trinajstić information content (AvgIpc) is 2.22. The van der Waals surface area contributed by atoms with Crippen molar-refractivity contribution in [2.75, 3.05) is 5.73 Å². The zero-order chi connectivity index (χ0) is 11.7. The van der Waals surface area contributed by atoms with Gasteiger partial charge in [-0.1, -0.05) is 18.2 Å². The maximum absolute atomic E-state index is 13.1. The highest BCUT2D eigenvalue weighted by Gasteiger charge is 2.06. The first kappa shape index (κ1) is 10.6. The number of hydrogen-bond donors (Lipinski definition) is 1. The Hall–Kier alpha value is -1.90. The molecule has 0 saturated carbocycles. The summed E-state index contributed by atoms with van der Waals surface area (Å²) in [4.78, 5) is 0. The van der Waals surface area contributed by atoms with Crippen molar-refractivity contribution in [1.29, 1.82) is 0 Å². The second-order valence-electron chi connectivity index (χ2n) is 3.72. The van der Waals surface area contributed by atoms with E-state index < -0.39 is 11.6 Å². The minimum absolute atomic E-state index is 0.561. The van der Waals surface area contributed by atoms with E-state index in [1.807, 2.05) is 13.0 Å². The molecule has 0 aliphatic heterocycles. The van der Waals surface area contributed by atoms with Crippen LogP contribution in [0.1, 0.15) is 5.56 Å². The third-order valence-electron chi connectivity index (χ3n) is 2.44. The van der Waals surface area contributed by atoms with Gasteiger partial charge in [0, 0.05) is 11.3 Å². The molecule has 82 valence electrons. The third-order valence-corrected chi connectivity index (χ3v) is 2.44. The van der Waals surface area contributed by atoms with Gasteiger partial charge < -0.3 is 5.73 Å². The van der Waals surface area contributed by atoms with Crippen molar-refractivity contribution in [1.82, 2.24) is 0 Å². The van der Waals surface area contributed by atoms with Gasteiger partial charge in [0.1, 0.15) is 0 Å². The van der Waals surface area contributed by atoms with Gasteiger partial charge in [0.15, 0.2) is 11.6 Å². The molecule has 0 unspecified atom stereocenters. The Morgan fingerprint density at radius 2 is 1.69 bits per heavy atom. The molecule has 2 rings (SSSR count). The zero-order valence-corrected chi connectivity index (χ0v) is 8.80. The molecule has 0 saturated heterocycles.